The lowest BCUT2D eigenvalue weighted by atomic mass is 9.95. The van der Waals surface area contributed by atoms with Crippen molar-refractivity contribution in [3.63, 3.8) is 0 Å². The first-order chi connectivity index (χ1) is 14.6. The molecule has 7 heteroatoms. The molecular formula is C23H23NO6. The maximum Gasteiger partial charge on any atom is 0.295 e. The molecule has 30 heavy (non-hydrogen) atoms. The number of ketones is 1. The Balaban J connectivity index is 1.79. The van der Waals surface area contributed by atoms with E-state index in [9.17, 15) is 14.7 Å². The Morgan fingerprint density at radius 2 is 1.83 bits per heavy atom. The van der Waals surface area contributed by atoms with E-state index in [1.54, 1.807) is 25.3 Å². The topological polar surface area (TPSA) is 85.3 Å². The van der Waals surface area contributed by atoms with E-state index >= 15 is 0 Å². The maximum atomic E-state index is 12.9. The van der Waals surface area contributed by atoms with Crippen molar-refractivity contribution in [1.82, 2.24) is 4.90 Å². The lowest BCUT2D eigenvalue weighted by Crippen LogP contribution is -2.31. The molecule has 0 bridgehead atoms. The van der Waals surface area contributed by atoms with Crippen molar-refractivity contribution in [1.29, 1.82) is 0 Å². The Labute approximate surface area is 174 Å². The fourth-order valence-electron chi connectivity index (χ4n) is 3.82. The number of aliphatic hydroxyl groups is 1. The summed E-state index contributed by atoms with van der Waals surface area (Å²) in [5, 5.41) is 11.1. The molecule has 0 radical (unpaired) electrons. The van der Waals surface area contributed by atoms with Crippen LogP contribution in [-0.4, -0.2) is 55.2 Å². The standard InChI is InChI=1S/C23H23NO6/c1-28-11-5-10-24-20(15-6-3-2-4-7-15)19(22(26)23(24)27)21(25)16-8-9-17-18(14-16)30-13-12-29-17/h2-4,6-9,14,20,25H,5,10-13H2,1H3/b21-19+. The summed E-state index contributed by atoms with van der Waals surface area (Å²) in [5.74, 6) is -0.477. The van der Waals surface area contributed by atoms with Gasteiger partial charge in [0.25, 0.3) is 11.7 Å². The van der Waals surface area contributed by atoms with Gasteiger partial charge < -0.3 is 24.2 Å². The molecule has 1 fully saturated rings. The van der Waals surface area contributed by atoms with Crippen molar-refractivity contribution in [2.45, 2.75) is 12.5 Å². The van der Waals surface area contributed by atoms with Crippen LogP contribution < -0.4 is 9.47 Å². The maximum absolute atomic E-state index is 12.9. The number of ether oxygens (including phenoxy) is 3. The molecule has 0 aliphatic carbocycles. The molecule has 7 nitrogen and oxygen atoms in total. The van der Waals surface area contributed by atoms with Gasteiger partial charge in [-0.2, -0.15) is 0 Å². The van der Waals surface area contributed by atoms with E-state index in [-0.39, 0.29) is 11.3 Å². The largest absolute Gasteiger partial charge is 0.507 e. The summed E-state index contributed by atoms with van der Waals surface area (Å²) in [6.45, 7) is 1.67. The second kappa shape index (κ2) is 8.59. The highest BCUT2D eigenvalue weighted by atomic mass is 16.6. The van der Waals surface area contributed by atoms with Gasteiger partial charge in [0.1, 0.15) is 19.0 Å². The highest BCUT2D eigenvalue weighted by Gasteiger charge is 2.45. The van der Waals surface area contributed by atoms with Crippen LogP contribution in [0, 0.1) is 0 Å². The zero-order valence-corrected chi connectivity index (χ0v) is 16.7. The van der Waals surface area contributed by atoms with E-state index < -0.39 is 17.7 Å². The minimum Gasteiger partial charge on any atom is -0.507 e. The van der Waals surface area contributed by atoms with Gasteiger partial charge in [0.2, 0.25) is 0 Å². The number of fused-ring (bicyclic) bond motifs is 1. The highest BCUT2D eigenvalue weighted by Crippen LogP contribution is 2.41. The van der Waals surface area contributed by atoms with Crippen LogP contribution in [0.1, 0.15) is 23.6 Å². The fourth-order valence-corrected chi connectivity index (χ4v) is 3.82. The molecule has 2 aromatic rings. The molecule has 4 rings (SSSR count). The van der Waals surface area contributed by atoms with Gasteiger partial charge in [0.05, 0.1) is 11.6 Å². The number of carbonyl (C=O) groups excluding carboxylic acids is 2. The van der Waals surface area contributed by atoms with Crippen LogP contribution in [0.3, 0.4) is 0 Å². The van der Waals surface area contributed by atoms with Gasteiger partial charge in [-0.05, 0) is 30.2 Å². The molecule has 1 unspecified atom stereocenters. The lowest BCUT2D eigenvalue weighted by Gasteiger charge is -2.25. The van der Waals surface area contributed by atoms with Gasteiger partial charge in [-0.15, -0.1) is 0 Å². The minimum atomic E-state index is -0.700. The van der Waals surface area contributed by atoms with Crippen molar-refractivity contribution in [3.8, 4) is 11.5 Å². The van der Waals surface area contributed by atoms with Gasteiger partial charge in [-0.3, -0.25) is 9.59 Å². The molecule has 0 saturated carbocycles. The molecule has 2 aliphatic rings. The SMILES string of the molecule is COCCCN1C(=O)C(=O)/C(=C(/O)c2ccc3c(c2)OCCO3)C1c1ccccc1. The molecule has 1 N–H and O–H groups in total. The van der Waals surface area contributed by atoms with E-state index in [1.165, 1.54) is 4.90 Å². The Bertz CT molecular complexity index is 984. The minimum absolute atomic E-state index is 0.0697. The van der Waals surface area contributed by atoms with Gasteiger partial charge in [-0.1, -0.05) is 30.3 Å². The monoisotopic (exact) mass is 409 g/mol. The summed E-state index contributed by atoms with van der Waals surface area (Å²) in [7, 11) is 1.59. The molecule has 2 aromatic carbocycles. The number of aliphatic hydroxyl groups excluding tert-OH is 1. The Kier molecular flexibility index (Phi) is 5.72. The number of rotatable bonds is 6. The molecule has 2 heterocycles. The predicted molar refractivity (Wildman–Crippen MR) is 109 cm³/mol. The summed E-state index contributed by atoms with van der Waals surface area (Å²) < 4.78 is 16.2. The summed E-state index contributed by atoms with van der Waals surface area (Å²) >= 11 is 0. The van der Waals surface area contributed by atoms with Crippen LogP contribution >= 0.6 is 0 Å². The average Bonchev–Trinajstić information content (AvgIpc) is 3.04. The molecule has 1 atom stereocenters. The zero-order chi connectivity index (χ0) is 21.1. The van der Waals surface area contributed by atoms with E-state index in [4.69, 9.17) is 14.2 Å². The van der Waals surface area contributed by atoms with Crippen LogP contribution in [-0.2, 0) is 14.3 Å². The first kappa shape index (κ1) is 20.0. The molecular weight excluding hydrogens is 386 g/mol. The van der Waals surface area contributed by atoms with Gasteiger partial charge >= 0.3 is 0 Å². The quantitative estimate of drug-likeness (QED) is 0.342. The lowest BCUT2D eigenvalue weighted by molar-refractivity contribution is -0.140. The highest BCUT2D eigenvalue weighted by molar-refractivity contribution is 6.46. The van der Waals surface area contributed by atoms with Gasteiger partial charge in [0.15, 0.2) is 11.5 Å². The van der Waals surface area contributed by atoms with E-state index in [0.29, 0.717) is 49.8 Å². The predicted octanol–water partition coefficient (Wildman–Crippen LogP) is 2.92. The number of hydrogen-bond donors (Lipinski definition) is 1. The Hall–Kier alpha value is -3.32. The number of benzene rings is 2. The van der Waals surface area contributed by atoms with Crippen molar-refractivity contribution in [2.24, 2.45) is 0 Å². The number of hydrogen-bond acceptors (Lipinski definition) is 6. The van der Waals surface area contributed by atoms with Crippen molar-refractivity contribution in [3.05, 3.63) is 65.2 Å². The number of likely N-dealkylation sites (tertiary alicyclic amines) is 1. The van der Waals surface area contributed by atoms with Crippen molar-refractivity contribution in [2.75, 3.05) is 33.5 Å². The summed E-state index contributed by atoms with van der Waals surface area (Å²) in [6, 6.07) is 13.5. The normalized spacial score (nSPS) is 19.9. The van der Waals surface area contributed by atoms with Crippen LogP contribution in [0.4, 0.5) is 0 Å². The number of carbonyl (C=O) groups is 2. The second-order valence-corrected chi connectivity index (χ2v) is 7.11. The van der Waals surface area contributed by atoms with Crippen LogP contribution in [0.5, 0.6) is 11.5 Å². The molecule has 1 saturated heterocycles. The third kappa shape index (κ3) is 3.64. The fraction of sp³-hybridized carbons (Fsp3) is 0.304. The summed E-state index contributed by atoms with van der Waals surface area (Å²) in [5.41, 5.74) is 1.23. The smallest absolute Gasteiger partial charge is 0.295 e. The van der Waals surface area contributed by atoms with Crippen molar-refractivity contribution >= 4 is 17.4 Å². The third-order valence-corrected chi connectivity index (χ3v) is 5.22. The Morgan fingerprint density at radius 1 is 1.10 bits per heavy atom. The molecule has 2 aliphatic heterocycles. The van der Waals surface area contributed by atoms with Crippen LogP contribution in [0.25, 0.3) is 5.76 Å². The van der Waals surface area contributed by atoms with Crippen LogP contribution in [0.15, 0.2) is 54.1 Å². The number of methoxy groups -OCH3 is 1. The van der Waals surface area contributed by atoms with E-state index in [1.807, 2.05) is 30.3 Å². The van der Waals surface area contributed by atoms with E-state index in [2.05, 4.69) is 0 Å². The zero-order valence-electron chi connectivity index (χ0n) is 16.7. The first-order valence-electron chi connectivity index (χ1n) is 9.84. The van der Waals surface area contributed by atoms with Crippen LogP contribution in [0.2, 0.25) is 0 Å². The molecule has 156 valence electrons. The number of Topliss-reactive ketones (excluding diaryl/α,β-unsaturated/α-hetero) is 1. The first-order valence-corrected chi connectivity index (χ1v) is 9.84. The van der Waals surface area contributed by atoms with Crippen molar-refractivity contribution < 1.29 is 28.9 Å². The molecule has 1 amide bonds. The molecule has 0 aromatic heterocycles. The summed E-state index contributed by atoms with van der Waals surface area (Å²) in [4.78, 5) is 27.2. The second-order valence-electron chi connectivity index (χ2n) is 7.11. The average molecular weight is 409 g/mol. The summed E-state index contributed by atoms with van der Waals surface area (Å²) in [6.07, 6.45) is 0.580. The molecule has 0 spiro atoms. The van der Waals surface area contributed by atoms with E-state index in [0.717, 1.165) is 5.56 Å². The number of nitrogens with zero attached hydrogens (tertiary/aromatic N) is 1. The third-order valence-electron chi connectivity index (χ3n) is 5.22. The number of amides is 1. The Morgan fingerprint density at radius 3 is 2.57 bits per heavy atom. The van der Waals surface area contributed by atoms with Gasteiger partial charge in [-0.25, -0.2) is 0 Å². The van der Waals surface area contributed by atoms with Gasteiger partial charge in [0, 0.05) is 25.8 Å².